The molecule has 0 atom stereocenters. The number of aromatic amines is 1. The van der Waals surface area contributed by atoms with Gasteiger partial charge in [-0.2, -0.15) is 13.5 Å². The van der Waals surface area contributed by atoms with E-state index in [4.69, 9.17) is 0 Å². The quantitative estimate of drug-likeness (QED) is 0.780. The predicted molar refractivity (Wildman–Crippen MR) is 73.3 cm³/mol. The monoisotopic (exact) mass is 316 g/mol. The molecule has 0 aliphatic heterocycles. The van der Waals surface area contributed by atoms with Crippen molar-refractivity contribution in [2.45, 2.75) is 18.5 Å². The second kappa shape index (κ2) is 5.78. The van der Waals surface area contributed by atoms with Crippen LogP contribution in [-0.2, 0) is 16.6 Å². The Kier molecular flexibility index (Phi) is 4.24. The van der Waals surface area contributed by atoms with Crippen LogP contribution >= 0.6 is 0 Å². The maximum atomic E-state index is 13.9. The number of anilines is 1. The molecule has 0 saturated carbocycles. The molecule has 1 aromatic carbocycles. The molecule has 9 heteroatoms. The second-order valence-electron chi connectivity index (χ2n) is 4.41. The number of nitrogens with zero attached hydrogens (tertiary/aromatic N) is 1. The van der Waals surface area contributed by atoms with Gasteiger partial charge in [-0.05, 0) is 25.6 Å². The molecule has 0 radical (unpaired) electrons. The largest absolute Gasteiger partial charge is 0.316 e. The van der Waals surface area contributed by atoms with Crippen LogP contribution in [0.5, 0.6) is 0 Å². The van der Waals surface area contributed by atoms with Crippen molar-refractivity contribution in [1.29, 1.82) is 0 Å². The number of rotatable bonds is 5. The standard InChI is InChI=1S/C12H14F2N4O2S/c1-7-3-4-9(13)11(10(7)14)18-21(19,20)12-8(5-15-2)6-16-17-12/h3-4,6,15,18H,5H2,1-2H3,(H,16,17). The van der Waals surface area contributed by atoms with Crippen molar-refractivity contribution in [3.63, 3.8) is 0 Å². The van der Waals surface area contributed by atoms with E-state index in [1.165, 1.54) is 19.2 Å². The number of sulfonamides is 1. The lowest BCUT2D eigenvalue weighted by molar-refractivity contribution is 0.577. The SMILES string of the molecule is CNCc1cn[nH]c1S(=O)(=O)Nc1c(F)ccc(C)c1F. The van der Waals surface area contributed by atoms with Gasteiger partial charge in [-0.25, -0.2) is 8.78 Å². The number of aromatic nitrogens is 2. The molecule has 0 amide bonds. The van der Waals surface area contributed by atoms with E-state index in [0.717, 1.165) is 6.07 Å². The summed E-state index contributed by atoms with van der Waals surface area (Å²) in [6, 6.07) is 2.23. The third-order valence-electron chi connectivity index (χ3n) is 2.83. The molecular weight excluding hydrogens is 302 g/mol. The van der Waals surface area contributed by atoms with Crippen molar-refractivity contribution in [3.05, 3.63) is 41.1 Å². The first-order valence-electron chi connectivity index (χ1n) is 6.01. The summed E-state index contributed by atoms with van der Waals surface area (Å²) in [4.78, 5) is 0. The number of hydrogen-bond acceptors (Lipinski definition) is 4. The van der Waals surface area contributed by atoms with Crippen LogP contribution in [0.4, 0.5) is 14.5 Å². The van der Waals surface area contributed by atoms with Gasteiger partial charge < -0.3 is 5.32 Å². The van der Waals surface area contributed by atoms with Gasteiger partial charge in [0.15, 0.2) is 10.8 Å². The highest BCUT2D eigenvalue weighted by Gasteiger charge is 2.24. The number of aryl methyl sites for hydroxylation is 1. The Morgan fingerprint density at radius 2 is 2.05 bits per heavy atom. The number of nitrogens with one attached hydrogen (secondary N) is 3. The topological polar surface area (TPSA) is 86.9 Å². The molecule has 2 aromatic rings. The second-order valence-corrected chi connectivity index (χ2v) is 6.03. The molecular formula is C12H14F2N4O2S. The van der Waals surface area contributed by atoms with Crippen LogP contribution in [0.3, 0.4) is 0 Å². The van der Waals surface area contributed by atoms with E-state index < -0.39 is 27.3 Å². The van der Waals surface area contributed by atoms with Crippen LogP contribution in [-0.4, -0.2) is 25.7 Å². The van der Waals surface area contributed by atoms with Crippen molar-refractivity contribution >= 4 is 15.7 Å². The van der Waals surface area contributed by atoms with Crippen molar-refractivity contribution in [2.24, 2.45) is 0 Å². The smallest absolute Gasteiger partial charge is 0.279 e. The minimum absolute atomic E-state index is 0.133. The van der Waals surface area contributed by atoms with Gasteiger partial charge in [0.25, 0.3) is 10.0 Å². The normalized spacial score (nSPS) is 11.6. The molecule has 0 fully saturated rings. The van der Waals surface area contributed by atoms with E-state index in [1.54, 1.807) is 7.05 Å². The maximum Gasteiger partial charge on any atom is 0.279 e. The average molecular weight is 316 g/mol. The fourth-order valence-electron chi connectivity index (χ4n) is 1.78. The van der Waals surface area contributed by atoms with E-state index in [-0.39, 0.29) is 17.1 Å². The molecule has 6 nitrogen and oxygen atoms in total. The highest BCUT2D eigenvalue weighted by atomic mass is 32.2. The molecule has 1 aromatic heterocycles. The lowest BCUT2D eigenvalue weighted by atomic mass is 10.2. The number of benzene rings is 1. The van der Waals surface area contributed by atoms with Gasteiger partial charge in [-0.1, -0.05) is 6.07 Å². The van der Waals surface area contributed by atoms with E-state index in [2.05, 4.69) is 15.5 Å². The first kappa shape index (κ1) is 15.4. The zero-order valence-corrected chi connectivity index (χ0v) is 12.2. The Morgan fingerprint density at radius 3 is 2.71 bits per heavy atom. The van der Waals surface area contributed by atoms with Crippen molar-refractivity contribution in [3.8, 4) is 0 Å². The van der Waals surface area contributed by atoms with Crippen LogP contribution in [0, 0.1) is 18.6 Å². The number of hydrogen-bond donors (Lipinski definition) is 3. The molecule has 21 heavy (non-hydrogen) atoms. The molecule has 0 aliphatic carbocycles. The van der Waals surface area contributed by atoms with E-state index in [1.807, 2.05) is 4.72 Å². The molecule has 2 rings (SSSR count). The summed E-state index contributed by atoms with van der Waals surface area (Å²) in [5.74, 6) is -1.94. The van der Waals surface area contributed by atoms with Gasteiger partial charge >= 0.3 is 0 Å². The Morgan fingerprint density at radius 1 is 1.33 bits per heavy atom. The molecule has 3 N–H and O–H groups in total. The Hall–Kier alpha value is -2.00. The van der Waals surface area contributed by atoms with E-state index in [0.29, 0.717) is 5.56 Å². The fourth-order valence-corrected chi connectivity index (χ4v) is 2.98. The summed E-state index contributed by atoms with van der Waals surface area (Å²) in [5.41, 5.74) is -0.215. The third-order valence-corrected chi connectivity index (χ3v) is 4.20. The first-order valence-corrected chi connectivity index (χ1v) is 7.49. The highest BCUT2D eigenvalue weighted by Crippen LogP contribution is 2.25. The zero-order valence-electron chi connectivity index (χ0n) is 11.4. The van der Waals surface area contributed by atoms with Gasteiger partial charge in [0.2, 0.25) is 0 Å². The van der Waals surface area contributed by atoms with Crippen LogP contribution < -0.4 is 10.0 Å². The third kappa shape index (κ3) is 3.03. The summed E-state index contributed by atoms with van der Waals surface area (Å²) in [7, 11) is -2.54. The first-order chi connectivity index (χ1) is 9.86. The molecule has 1 heterocycles. The summed E-state index contributed by atoms with van der Waals surface area (Å²) in [6.45, 7) is 1.65. The Labute approximate surface area is 120 Å². The predicted octanol–water partition coefficient (Wildman–Crippen LogP) is 1.52. The lowest BCUT2D eigenvalue weighted by Crippen LogP contribution is -2.19. The maximum absolute atomic E-state index is 13.9. The Bertz CT molecular complexity index is 759. The van der Waals surface area contributed by atoms with E-state index in [9.17, 15) is 17.2 Å². The molecule has 0 aliphatic rings. The summed E-state index contributed by atoms with van der Waals surface area (Å²) in [5, 5.41) is 8.50. The van der Waals surface area contributed by atoms with E-state index >= 15 is 0 Å². The van der Waals surface area contributed by atoms with Crippen molar-refractivity contribution in [2.75, 3.05) is 11.8 Å². The highest BCUT2D eigenvalue weighted by molar-refractivity contribution is 7.92. The van der Waals surface area contributed by atoms with Gasteiger partial charge in [0, 0.05) is 12.1 Å². The molecule has 114 valence electrons. The summed E-state index contributed by atoms with van der Waals surface area (Å²) < 4.78 is 53.9. The zero-order chi connectivity index (χ0) is 15.6. The number of halogens is 2. The number of H-pyrrole nitrogens is 1. The van der Waals surface area contributed by atoms with Gasteiger partial charge in [0.05, 0.1) is 6.20 Å². The summed E-state index contributed by atoms with van der Waals surface area (Å²) >= 11 is 0. The summed E-state index contributed by atoms with van der Waals surface area (Å²) in [6.07, 6.45) is 1.33. The Balaban J connectivity index is 2.43. The molecule has 0 spiro atoms. The lowest BCUT2D eigenvalue weighted by Gasteiger charge is -2.11. The van der Waals surface area contributed by atoms with Gasteiger partial charge in [0.1, 0.15) is 11.5 Å². The molecule has 0 saturated heterocycles. The van der Waals surface area contributed by atoms with Crippen molar-refractivity contribution < 1.29 is 17.2 Å². The van der Waals surface area contributed by atoms with Crippen LogP contribution in [0.25, 0.3) is 0 Å². The van der Waals surface area contributed by atoms with Crippen LogP contribution in [0.2, 0.25) is 0 Å². The average Bonchev–Trinajstić information content (AvgIpc) is 2.89. The minimum atomic E-state index is -4.17. The molecule has 0 bridgehead atoms. The van der Waals surface area contributed by atoms with Crippen molar-refractivity contribution in [1.82, 2.24) is 15.5 Å². The minimum Gasteiger partial charge on any atom is -0.316 e. The van der Waals surface area contributed by atoms with Gasteiger partial charge in [-0.15, -0.1) is 0 Å². The van der Waals surface area contributed by atoms with Crippen LogP contribution in [0.1, 0.15) is 11.1 Å². The van der Waals surface area contributed by atoms with Crippen LogP contribution in [0.15, 0.2) is 23.4 Å². The van der Waals surface area contributed by atoms with Gasteiger partial charge in [-0.3, -0.25) is 9.82 Å². The molecule has 0 unspecified atom stereocenters. The fraction of sp³-hybridized carbons (Fsp3) is 0.250.